The van der Waals surface area contributed by atoms with E-state index in [0.717, 1.165) is 36.6 Å². The maximum Gasteiger partial charge on any atom is 0.180 e. The third kappa shape index (κ3) is 3.12. The summed E-state index contributed by atoms with van der Waals surface area (Å²) in [5.74, 6) is 2.61. The maximum absolute atomic E-state index is 5.61. The third-order valence-corrected chi connectivity index (χ3v) is 4.41. The number of rotatable bonds is 5. The van der Waals surface area contributed by atoms with Crippen molar-refractivity contribution in [1.82, 2.24) is 20.2 Å². The van der Waals surface area contributed by atoms with Crippen LogP contribution in [0.15, 0.2) is 5.38 Å². The minimum Gasteiger partial charge on any atom is -0.375 e. The summed E-state index contributed by atoms with van der Waals surface area (Å²) in [6.07, 6.45) is 8.04. The topological polar surface area (TPSA) is 80.5 Å². The van der Waals surface area contributed by atoms with Gasteiger partial charge in [-0.2, -0.15) is 5.10 Å². The molecule has 0 aromatic carbocycles. The molecule has 2 aromatic heterocycles. The monoisotopic (exact) mass is 277 g/mol. The number of nitrogens with one attached hydrogen (secondary N) is 1. The minimum atomic E-state index is 0.586. The summed E-state index contributed by atoms with van der Waals surface area (Å²) in [5.41, 5.74) is 6.69. The highest BCUT2D eigenvalue weighted by molar-refractivity contribution is 7.13. The fraction of sp³-hybridized carbons (Fsp3) is 0.615. The molecular weight excluding hydrogens is 258 g/mol. The number of nitrogens with zero attached hydrogens (tertiary/aromatic N) is 3. The SMILES string of the molecule is Nc1nc(CCCc2nc(C3CCCC3)n[nH]2)cs1. The third-order valence-electron chi connectivity index (χ3n) is 3.69. The number of nitrogen functional groups attached to an aromatic ring is 1. The van der Waals surface area contributed by atoms with E-state index in [1.54, 1.807) is 0 Å². The van der Waals surface area contributed by atoms with Crippen molar-refractivity contribution in [3.8, 4) is 0 Å². The van der Waals surface area contributed by atoms with E-state index in [0.29, 0.717) is 11.0 Å². The van der Waals surface area contributed by atoms with E-state index in [-0.39, 0.29) is 0 Å². The Balaban J connectivity index is 1.50. The van der Waals surface area contributed by atoms with Gasteiger partial charge in [-0.1, -0.05) is 12.8 Å². The van der Waals surface area contributed by atoms with Gasteiger partial charge in [0.15, 0.2) is 11.0 Å². The summed E-state index contributed by atoms with van der Waals surface area (Å²) in [5, 5.41) is 10.1. The van der Waals surface area contributed by atoms with Gasteiger partial charge in [-0.3, -0.25) is 5.10 Å². The van der Waals surface area contributed by atoms with Gasteiger partial charge in [-0.05, 0) is 25.7 Å². The first-order valence-corrected chi connectivity index (χ1v) is 7.80. The lowest BCUT2D eigenvalue weighted by Gasteiger charge is -2.00. The largest absolute Gasteiger partial charge is 0.375 e. The van der Waals surface area contributed by atoms with Crippen molar-refractivity contribution in [2.75, 3.05) is 5.73 Å². The number of anilines is 1. The maximum atomic E-state index is 5.61. The highest BCUT2D eigenvalue weighted by Crippen LogP contribution is 2.31. The standard InChI is InChI=1S/C13H19N5S/c14-13-15-10(8-19-13)6-3-7-11-16-12(18-17-11)9-4-1-2-5-9/h8-9H,1-7H2,(H2,14,15)(H,16,17,18). The molecule has 1 aliphatic rings. The minimum absolute atomic E-state index is 0.586. The van der Waals surface area contributed by atoms with Crippen LogP contribution in [0.2, 0.25) is 0 Å². The van der Waals surface area contributed by atoms with Crippen LogP contribution in [-0.2, 0) is 12.8 Å². The summed E-state index contributed by atoms with van der Waals surface area (Å²) in [4.78, 5) is 8.88. The summed E-state index contributed by atoms with van der Waals surface area (Å²) >= 11 is 1.50. The number of nitrogens with two attached hydrogens (primary N) is 1. The van der Waals surface area contributed by atoms with Gasteiger partial charge in [-0.25, -0.2) is 9.97 Å². The second-order valence-electron chi connectivity index (χ2n) is 5.15. The number of aryl methyl sites for hydroxylation is 2. The molecule has 0 spiro atoms. The first-order valence-electron chi connectivity index (χ1n) is 6.92. The second-order valence-corrected chi connectivity index (χ2v) is 6.04. The molecule has 3 N–H and O–H groups in total. The summed E-state index contributed by atoms with van der Waals surface area (Å²) < 4.78 is 0. The predicted octanol–water partition coefficient (Wildman–Crippen LogP) is 2.68. The highest BCUT2D eigenvalue weighted by Gasteiger charge is 2.20. The first-order chi connectivity index (χ1) is 9.31. The van der Waals surface area contributed by atoms with Crippen molar-refractivity contribution in [1.29, 1.82) is 0 Å². The van der Waals surface area contributed by atoms with Crippen LogP contribution in [-0.4, -0.2) is 20.2 Å². The molecule has 2 aromatic rings. The van der Waals surface area contributed by atoms with Crippen molar-refractivity contribution in [3.63, 3.8) is 0 Å². The molecule has 102 valence electrons. The molecule has 3 rings (SSSR count). The molecule has 0 aliphatic heterocycles. The Morgan fingerprint density at radius 3 is 2.84 bits per heavy atom. The summed E-state index contributed by atoms with van der Waals surface area (Å²) in [6, 6.07) is 0. The zero-order valence-electron chi connectivity index (χ0n) is 10.9. The van der Waals surface area contributed by atoms with Crippen molar-refractivity contribution < 1.29 is 0 Å². The molecular formula is C13H19N5S. The van der Waals surface area contributed by atoms with Crippen molar-refractivity contribution in [2.24, 2.45) is 0 Å². The summed E-state index contributed by atoms with van der Waals surface area (Å²) in [6.45, 7) is 0. The first kappa shape index (κ1) is 12.6. The number of H-pyrrole nitrogens is 1. The van der Waals surface area contributed by atoms with E-state index in [2.05, 4.69) is 20.2 Å². The molecule has 0 bridgehead atoms. The van der Waals surface area contributed by atoms with Gasteiger partial charge in [0, 0.05) is 17.7 Å². The Labute approximate surface area is 116 Å². The summed E-state index contributed by atoms with van der Waals surface area (Å²) in [7, 11) is 0. The van der Waals surface area contributed by atoms with Gasteiger partial charge in [0.1, 0.15) is 5.82 Å². The molecule has 0 atom stereocenters. The molecule has 0 amide bonds. The van der Waals surface area contributed by atoms with E-state index in [1.807, 2.05) is 5.38 Å². The fourth-order valence-electron chi connectivity index (χ4n) is 2.66. The van der Waals surface area contributed by atoms with Crippen LogP contribution >= 0.6 is 11.3 Å². The fourth-order valence-corrected chi connectivity index (χ4v) is 3.26. The normalized spacial score (nSPS) is 16.2. The second kappa shape index (κ2) is 5.69. The Hall–Kier alpha value is -1.43. The Bertz CT molecular complexity index is 527. The number of aromatic amines is 1. The Morgan fingerprint density at radius 2 is 2.11 bits per heavy atom. The van der Waals surface area contributed by atoms with Gasteiger partial charge < -0.3 is 5.73 Å². The van der Waals surface area contributed by atoms with Gasteiger partial charge in [0.05, 0.1) is 5.69 Å². The van der Waals surface area contributed by atoms with E-state index in [9.17, 15) is 0 Å². The average Bonchev–Trinajstić information content (AvgIpc) is 3.09. The van der Waals surface area contributed by atoms with Gasteiger partial charge in [0.2, 0.25) is 0 Å². The quantitative estimate of drug-likeness (QED) is 0.880. The highest BCUT2D eigenvalue weighted by atomic mass is 32.1. The molecule has 0 unspecified atom stereocenters. The lowest BCUT2D eigenvalue weighted by atomic mass is 10.1. The van der Waals surface area contributed by atoms with E-state index < -0.39 is 0 Å². The Morgan fingerprint density at radius 1 is 1.26 bits per heavy atom. The number of aromatic nitrogens is 4. The van der Waals surface area contributed by atoms with E-state index in [4.69, 9.17) is 5.73 Å². The van der Waals surface area contributed by atoms with Crippen LogP contribution in [0.4, 0.5) is 5.13 Å². The number of thiazole rings is 1. The average molecular weight is 277 g/mol. The van der Waals surface area contributed by atoms with Crippen molar-refractivity contribution in [3.05, 3.63) is 22.7 Å². The number of hydrogen-bond acceptors (Lipinski definition) is 5. The molecule has 19 heavy (non-hydrogen) atoms. The Kier molecular flexibility index (Phi) is 3.77. The molecule has 1 aliphatic carbocycles. The molecule has 0 radical (unpaired) electrons. The van der Waals surface area contributed by atoms with Gasteiger partial charge in [0.25, 0.3) is 0 Å². The van der Waals surface area contributed by atoms with Crippen molar-refractivity contribution >= 4 is 16.5 Å². The zero-order valence-corrected chi connectivity index (χ0v) is 11.7. The molecule has 0 saturated heterocycles. The van der Waals surface area contributed by atoms with Crippen LogP contribution in [0.3, 0.4) is 0 Å². The molecule has 1 saturated carbocycles. The van der Waals surface area contributed by atoms with Gasteiger partial charge in [-0.15, -0.1) is 11.3 Å². The number of hydrogen-bond donors (Lipinski definition) is 2. The molecule has 6 heteroatoms. The van der Waals surface area contributed by atoms with Crippen LogP contribution < -0.4 is 5.73 Å². The predicted molar refractivity (Wildman–Crippen MR) is 76.1 cm³/mol. The smallest absolute Gasteiger partial charge is 0.180 e. The zero-order chi connectivity index (χ0) is 13.1. The van der Waals surface area contributed by atoms with E-state index >= 15 is 0 Å². The van der Waals surface area contributed by atoms with Crippen molar-refractivity contribution in [2.45, 2.75) is 50.9 Å². The van der Waals surface area contributed by atoms with Crippen LogP contribution in [0.1, 0.15) is 55.4 Å². The molecule has 1 fully saturated rings. The molecule has 2 heterocycles. The lowest BCUT2D eigenvalue weighted by Crippen LogP contribution is -1.96. The molecule has 5 nitrogen and oxygen atoms in total. The van der Waals surface area contributed by atoms with Crippen LogP contribution in [0.25, 0.3) is 0 Å². The van der Waals surface area contributed by atoms with Crippen LogP contribution in [0, 0.1) is 0 Å². The van der Waals surface area contributed by atoms with Crippen LogP contribution in [0.5, 0.6) is 0 Å². The van der Waals surface area contributed by atoms with Gasteiger partial charge >= 0.3 is 0 Å². The lowest BCUT2D eigenvalue weighted by molar-refractivity contribution is 0.670. The van der Waals surface area contributed by atoms with E-state index in [1.165, 1.54) is 37.0 Å².